The van der Waals surface area contributed by atoms with Crippen LogP contribution in [0.1, 0.15) is 31.9 Å². The van der Waals surface area contributed by atoms with Crippen molar-refractivity contribution in [3.05, 3.63) is 54.4 Å². The van der Waals surface area contributed by atoms with Crippen LogP contribution < -0.4 is 9.47 Å². The molecule has 162 valence electrons. The summed E-state index contributed by atoms with van der Waals surface area (Å²) in [5.41, 5.74) is 1.13. The van der Waals surface area contributed by atoms with Crippen LogP contribution in [-0.4, -0.2) is 66.6 Å². The Morgan fingerprint density at radius 3 is 2.43 bits per heavy atom. The molecule has 0 spiro atoms. The van der Waals surface area contributed by atoms with Crippen molar-refractivity contribution in [1.82, 2.24) is 14.8 Å². The summed E-state index contributed by atoms with van der Waals surface area (Å²) in [5, 5.41) is 0. The fraction of sp³-hybridized carbons (Fsp3) is 0.500. The summed E-state index contributed by atoms with van der Waals surface area (Å²) in [6, 6.07) is 13.8. The number of pyridine rings is 1. The minimum absolute atomic E-state index is 0.0215. The van der Waals surface area contributed by atoms with E-state index in [2.05, 4.69) is 22.9 Å². The topological polar surface area (TPSA) is 54.9 Å². The molecule has 1 aromatic heterocycles. The Bertz CT molecular complexity index is 759. The molecule has 1 aliphatic heterocycles. The van der Waals surface area contributed by atoms with Crippen LogP contribution in [0, 0.1) is 0 Å². The Balaban J connectivity index is 1.37. The van der Waals surface area contributed by atoms with Crippen molar-refractivity contribution in [2.75, 3.05) is 39.9 Å². The molecule has 0 bridgehead atoms. The third-order valence-electron chi connectivity index (χ3n) is 5.57. The van der Waals surface area contributed by atoms with E-state index in [1.807, 2.05) is 54.5 Å². The molecule has 30 heavy (non-hydrogen) atoms. The molecule has 1 amide bonds. The third kappa shape index (κ3) is 6.73. The summed E-state index contributed by atoms with van der Waals surface area (Å²) < 4.78 is 11.2. The number of carbonyl (C=O) groups is 1. The lowest BCUT2D eigenvalue weighted by atomic mass is 10.0. The van der Waals surface area contributed by atoms with Crippen LogP contribution >= 0.6 is 0 Å². The Morgan fingerprint density at radius 1 is 1.10 bits per heavy atom. The standard InChI is InChI=1S/C24H33N3O3/c1-3-18-29-22-7-9-23(10-8-22)30-19-24(28)26(2)21-12-16-27(17-13-21)15-11-20-6-4-5-14-25-20/h4-10,14,21H,3,11-13,15-19H2,1-2H3. The minimum atomic E-state index is 0.0215. The highest BCUT2D eigenvalue weighted by molar-refractivity contribution is 5.77. The third-order valence-corrected chi connectivity index (χ3v) is 5.57. The molecule has 0 atom stereocenters. The zero-order valence-electron chi connectivity index (χ0n) is 18.1. The quantitative estimate of drug-likeness (QED) is 0.600. The van der Waals surface area contributed by atoms with Gasteiger partial charge in [-0.3, -0.25) is 9.78 Å². The number of benzene rings is 1. The summed E-state index contributed by atoms with van der Waals surface area (Å²) in [6.45, 7) is 5.87. The summed E-state index contributed by atoms with van der Waals surface area (Å²) in [7, 11) is 1.89. The van der Waals surface area contributed by atoms with Crippen molar-refractivity contribution in [3.8, 4) is 11.5 Å². The molecule has 0 saturated carbocycles. The van der Waals surface area contributed by atoms with E-state index in [9.17, 15) is 4.79 Å². The summed E-state index contributed by atoms with van der Waals surface area (Å²) in [4.78, 5) is 21.3. The molecular weight excluding hydrogens is 378 g/mol. The van der Waals surface area contributed by atoms with Crippen LogP contribution in [0.5, 0.6) is 11.5 Å². The van der Waals surface area contributed by atoms with E-state index in [-0.39, 0.29) is 18.6 Å². The summed E-state index contributed by atoms with van der Waals surface area (Å²) in [5.74, 6) is 1.53. The molecule has 0 radical (unpaired) electrons. The SMILES string of the molecule is CCCOc1ccc(OCC(=O)N(C)C2CCN(CCc3ccccn3)CC2)cc1. The predicted octanol–water partition coefficient (Wildman–Crippen LogP) is 3.41. The molecule has 1 aliphatic rings. The van der Waals surface area contributed by atoms with Gasteiger partial charge in [0.05, 0.1) is 6.61 Å². The van der Waals surface area contributed by atoms with E-state index in [1.54, 1.807) is 0 Å². The normalized spacial score (nSPS) is 15.0. The first-order valence-corrected chi connectivity index (χ1v) is 10.9. The lowest BCUT2D eigenvalue weighted by molar-refractivity contribution is -0.135. The number of likely N-dealkylation sites (N-methyl/N-ethyl adjacent to an activating group) is 1. The average molecular weight is 412 g/mol. The lowest BCUT2D eigenvalue weighted by Gasteiger charge is -2.36. The maximum Gasteiger partial charge on any atom is 0.260 e. The van der Waals surface area contributed by atoms with Crippen LogP contribution in [0.2, 0.25) is 0 Å². The fourth-order valence-electron chi connectivity index (χ4n) is 3.65. The van der Waals surface area contributed by atoms with Crippen molar-refractivity contribution >= 4 is 5.91 Å². The van der Waals surface area contributed by atoms with Gasteiger partial charge in [0.15, 0.2) is 6.61 Å². The number of ether oxygens (including phenoxy) is 2. The monoisotopic (exact) mass is 411 g/mol. The molecule has 0 aliphatic carbocycles. The van der Waals surface area contributed by atoms with Gasteiger partial charge < -0.3 is 19.3 Å². The Kier molecular flexibility index (Phi) is 8.51. The first kappa shape index (κ1) is 22.1. The van der Waals surface area contributed by atoms with Gasteiger partial charge >= 0.3 is 0 Å². The molecule has 0 N–H and O–H groups in total. The molecule has 6 nitrogen and oxygen atoms in total. The Morgan fingerprint density at radius 2 is 1.80 bits per heavy atom. The van der Waals surface area contributed by atoms with Gasteiger partial charge in [0.2, 0.25) is 0 Å². The van der Waals surface area contributed by atoms with Gasteiger partial charge in [-0.05, 0) is 55.7 Å². The number of amides is 1. The van der Waals surface area contributed by atoms with Crippen molar-refractivity contribution < 1.29 is 14.3 Å². The maximum atomic E-state index is 12.6. The van der Waals surface area contributed by atoms with Crippen LogP contribution in [0.3, 0.4) is 0 Å². The number of hydrogen-bond acceptors (Lipinski definition) is 5. The van der Waals surface area contributed by atoms with Crippen LogP contribution in [0.4, 0.5) is 0 Å². The van der Waals surface area contributed by atoms with Crippen molar-refractivity contribution in [1.29, 1.82) is 0 Å². The highest BCUT2D eigenvalue weighted by atomic mass is 16.5. The first-order chi connectivity index (χ1) is 14.7. The molecule has 6 heteroatoms. The molecule has 1 aromatic carbocycles. The number of aromatic nitrogens is 1. The Labute approximate surface area is 179 Å². The first-order valence-electron chi connectivity index (χ1n) is 10.9. The number of rotatable bonds is 10. The second-order valence-electron chi connectivity index (χ2n) is 7.76. The fourth-order valence-corrected chi connectivity index (χ4v) is 3.65. The minimum Gasteiger partial charge on any atom is -0.494 e. The van der Waals surface area contributed by atoms with Gasteiger partial charge in [-0.2, -0.15) is 0 Å². The second-order valence-corrected chi connectivity index (χ2v) is 7.76. The van der Waals surface area contributed by atoms with Gasteiger partial charge in [0, 0.05) is 51.0 Å². The smallest absolute Gasteiger partial charge is 0.260 e. The van der Waals surface area contributed by atoms with Crippen molar-refractivity contribution in [2.24, 2.45) is 0 Å². The van der Waals surface area contributed by atoms with E-state index in [0.717, 1.165) is 56.8 Å². The van der Waals surface area contributed by atoms with Gasteiger partial charge in [-0.1, -0.05) is 13.0 Å². The van der Waals surface area contributed by atoms with E-state index in [4.69, 9.17) is 9.47 Å². The highest BCUT2D eigenvalue weighted by Gasteiger charge is 2.25. The lowest BCUT2D eigenvalue weighted by Crippen LogP contribution is -2.47. The number of nitrogens with zero attached hydrogens (tertiary/aromatic N) is 3. The van der Waals surface area contributed by atoms with E-state index in [0.29, 0.717) is 12.4 Å². The van der Waals surface area contributed by atoms with Crippen molar-refractivity contribution in [3.63, 3.8) is 0 Å². The van der Waals surface area contributed by atoms with Crippen LogP contribution in [-0.2, 0) is 11.2 Å². The van der Waals surface area contributed by atoms with Gasteiger partial charge in [0.1, 0.15) is 11.5 Å². The number of carbonyl (C=O) groups excluding carboxylic acids is 1. The molecule has 3 rings (SSSR count). The number of piperidine rings is 1. The number of likely N-dealkylation sites (tertiary alicyclic amines) is 1. The van der Waals surface area contributed by atoms with Gasteiger partial charge in [-0.25, -0.2) is 0 Å². The molecule has 1 saturated heterocycles. The maximum absolute atomic E-state index is 12.6. The molecule has 1 fully saturated rings. The van der Waals surface area contributed by atoms with Gasteiger partial charge in [0.25, 0.3) is 5.91 Å². The summed E-state index contributed by atoms with van der Waals surface area (Å²) in [6.07, 6.45) is 5.78. The van der Waals surface area contributed by atoms with Crippen LogP contribution in [0.15, 0.2) is 48.7 Å². The largest absolute Gasteiger partial charge is 0.494 e. The predicted molar refractivity (Wildman–Crippen MR) is 118 cm³/mol. The molecule has 2 aromatic rings. The van der Waals surface area contributed by atoms with Crippen molar-refractivity contribution in [2.45, 2.75) is 38.6 Å². The zero-order chi connectivity index (χ0) is 21.2. The average Bonchev–Trinajstić information content (AvgIpc) is 2.81. The zero-order valence-corrected chi connectivity index (χ0v) is 18.1. The number of hydrogen-bond donors (Lipinski definition) is 0. The summed E-state index contributed by atoms with van der Waals surface area (Å²) >= 11 is 0. The van der Waals surface area contributed by atoms with E-state index < -0.39 is 0 Å². The second kappa shape index (κ2) is 11.6. The molecular formula is C24H33N3O3. The van der Waals surface area contributed by atoms with Crippen LogP contribution in [0.25, 0.3) is 0 Å². The Hall–Kier alpha value is -2.60. The van der Waals surface area contributed by atoms with E-state index >= 15 is 0 Å². The molecule has 2 heterocycles. The molecule has 0 unspecified atom stereocenters. The van der Waals surface area contributed by atoms with E-state index in [1.165, 1.54) is 0 Å². The van der Waals surface area contributed by atoms with Gasteiger partial charge in [-0.15, -0.1) is 0 Å². The highest BCUT2D eigenvalue weighted by Crippen LogP contribution is 2.19.